The zero-order valence-electron chi connectivity index (χ0n) is 31.6. The number of aromatic amines is 1. The molecule has 6 aromatic rings. The molecule has 1 fully saturated rings. The first-order chi connectivity index (χ1) is 29.1. The van der Waals surface area contributed by atoms with Crippen LogP contribution in [0.5, 0.6) is 5.75 Å². The molecule has 1 saturated heterocycles. The molecule has 0 spiro atoms. The van der Waals surface area contributed by atoms with E-state index in [-0.39, 0.29) is 48.6 Å². The molecular weight excluding hydrogens is 771 g/mol. The molecule has 6 N–H and O–H groups in total. The van der Waals surface area contributed by atoms with Crippen molar-refractivity contribution in [3.05, 3.63) is 126 Å². The van der Waals surface area contributed by atoms with Crippen molar-refractivity contribution in [1.29, 1.82) is 0 Å². The van der Waals surface area contributed by atoms with Gasteiger partial charge in [-0.25, -0.2) is 9.97 Å². The third-order valence-electron chi connectivity index (χ3n) is 9.82. The minimum absolute atomic E-state index is 0.00188. The van der Waals surface area contributed by atoms with E-state index >= 15 is 0 Å². The zero-order chi connectivity index (χ0) is 41.8. The average molecular weight is 806 g/mol. The Hall–Kier alpha value is -8.21. The molecule has 4 heterocycles. The van der Waals surface area contributed by atoms with Gasteiger partial charge in [0.05, 0.1) is 16.8 Å². The number of carbonyl (C=O) groups is 7. The van der Waals surface area contributed by atoms with Crippen molar-refractivity contribution in [2.45, 2.75) is 25.3 Å². The summed E-state index contributed by atoms with van der Waals surface area (Å²) < 4.78 is 5.58. The Bertz CT molecular complexity index is 2710. The maximum atomic E-state index is 13.2. The number of hydrogen-bond donors (Lipinski definition) is 6. The number of ether oxygens (including phenoxy) is 1. The van der Waals surface area contributed by atoms with Crippen LogP contribution in [0.1, 0.15) is 50.3 Å². The molecule has 0 bridgehead atoms. The van der Waals surface area contributed by atoms with Gasteiger partial charge < -0.3 is 31.0 Å². The fourth-order valence-corrected chi connectivity index (χ4v) is 6.92. The molecule has 2 aliphatic heterocycles. The van der Waals surface area contributed by atoms with Gasteiger partial charge in [0, 0.05) is 70.7 Å². The van der Waals surface area contributed by atoms with Crippen molar-refractivity contribution < 1.29 is 38.3 Å². The summed E-state index contributed by atoms with van der Waals surface area (Å²) in [4.78, 5) is 101. The first-order valence-corrected chi connectivity index (χ1v) is 18.8. The van der Waals surface area contributed by atoms with Gasteiger partial charge in [-0.1, -0.05) is 30.3 Å². The van der Waals surface area contributed by atoms with E-state index in [0.29, 0.717) is 28.4 Å². The first kappa shape index (κ1) is 38.7. The number of benzene rings is 4. The van der Waals surface area contributed by atoms with Gasteiger partial charge in [0.2, 0.25) is 17.7 Å². The number of amides is 7. The van der Waals surface area contributed by atoms with Crippen LogP contribution >= 0.6 is 0 Å². The number of carbonyl (C=O) groups excluding carboxylic acids is 7. The molecule has 2 aromatic heterocycles. The number of hydrogen-bond acceptors (Lipinski definition) is 11. The van der Waals surface area contributed by atoms with E-state index < -0.39 is 48.1 Å². The van der Waals surface area contributed by atoms with Crippen LogP contribution in [0.3, 0.4) is 0 Å². The van der Waals surface area contributed by atoms with Gasteiger partial charge in [0.1, 0.15) is 23.9 Å². The van der Waals surface area contributed by atoms with Crippen molar-refractivity contribution in [3.63, 3.8) is 0 Å². The predicted octanol–water partition coefficient (Wildman–Crippen LogP) is 4.55. The number of H-pyrrole nitrogens is 1. The number of anilines is 4. The maximum absolute atomic E-state index is 13.2. The van der Waals surface area contributed by atoms with Crippen molar-refractivity contribution in [3.8, 4) is 17.0 Å². The van der Waals surface area contributed by atoms with Crippen molar-refractivity contribution >= 4 is 75.1 Å². The fraction of sp³-hybridized carbons (Fsp3) is 0.140. The highest BCUT2D eigenvalue weighted by molar-refractivity contribution is 6.24. The Morgan fingerprint density at radius 3 is 2.42 bits per heavy atom. The van der Waals surface area contributed by atoms with Gasteiger partial charge in [-0.05, 0) is 67.1 Å². The molecule has 60 heavy (non-hydrogen) atoms. The summed E-state index contributed by atoms with van der Waals surface area (Å²) in [7, 11) is 0. The number of aromatic nitrogens is 3. The van der Waals surface area contributed by atoms with E-state index in [2.05, 4.69) is 41.5 Å². The largest absolute Gasteiger partial charge is 0.483 e. The van der Waals surface area contributed by atoms with E-state index in [1.54, 1.807) is 42.5 Å². The van der Waals surface area contributed by atoms with Gasteiger partial charge in [-0.3, -0.25) is 43.8 Å². The second-order valence-electron chi connectivity index (χ2n) is 13.8. The molecule has 17 nitrogen and oxygen atoms in total. The summed E-state index contributed by atoms with van der Waals surface area (Å²) >= 11 is 0. The molecule has 7 amide bonds. The number of rotatable bonds is 13. The lowest BCUT2D eigenvalue weighted by atomic mass is 10.0. The quantitative estimate of drug-likeness (QED) is 0.0887. The minimum atomic E-state index is -1.14. The van der Waals surface area contributed by atoms with Crippen molar-refractivity contribution in [2.75, 3.05) is 29.1 Å². The lowest BCUT2D eigenvalue weighted by molar-refractivity contribution is -0.136. The van der Waals surface area contributed by atoms with E-state index in [9.17, 15) is 33.6 Å². The third kappa shape index (κ3) is 8.26. The molecule has 1 unspecified atom stereocenters. The number of nitrogens with one attached hydrogen (secondary N) is 6. The number of nitrogens with zero attached hydrogens (tertiary/aromatic N) is 3. The Labute approximate surface area is 340 Å². The topological polar surface area (TPSA) is 234 Å². The second-order valence-corrected chi connectivity index (χ2v) is 13.8. The van der Waals surface area contributed by atoms with Gasteiger partial charge >= 0.3 is 0 Å². The van der Waals surface area contributed by atoms with Gasteiger partial charge in [0.25, 0.3) is 23.6 Å². The normalized spacial score (nSPS) is 14.7. The fourth-order valence-electron chi connectivity index (χ4n) is 6.92. The Morgan fingerprint density at radius 1 is 0.783 bits per heavy atom. The highest BCUT2D eigenvalue weighted by Gasteiger charge is 2.46. The van der Waals surface area contributed by atoms with Crippen LogP contribution in [0.4, 0.5) is 22.9 Å². The lowest BCUT2D eigenvalue weighted by Gasteiger charge is -2.27. The monoisotopic (exact) mass is 805 g/mol. The number of para-hydroxylation sites is 1. The highest BCUT2D eigenvalue weighted by Crippen LogP contribution is 2.34. The van der Waals surface area contributed by atoms with Crippen LogP contribution in [0.2, 0.25) is 0 Å². The summed E-state index contributed by atoms with van der Waals surface area (Å²) in [5, 5.41) is 14.6. The number of fused-ring (bicyclic) bond motifs is 2. The van der Waals surface area contributed by atoms with Crippen LogP contribution in [0.15, 0.2) is 110 Å². The summed E-state index contributed by atoms with van der Waals surface area (Å²) in [5.41, 5.74) is 4.69. The summed E-state index contributed by atoms with van der Waals surface area (Å²) in [6.07, 6.45) is 3.31. The predicted molar refractivity (Wildman–Crippen MR) is 218 cm³/mol. The minimum Gasteiger partial charge on any atom is -0.483 e. The molecule has 1 atom stereocenters. The molecule has 0 aliphatic carbocycles. The standard InChI is InChI=1S/C43H35N9O8/c53-36-16-15-33(41(57)51-36)52-42(58)29-8-4-10-34(39(29)43(52)59)60-22-38(55)44-18-17-37(54)49-25-13-11-24(12-14-25)40(56)50-27-6-3-5-26(19-27)48-35-20-32(46-23-47-35)30-21-45-31-9-2-1-7-28(30)31/h1-14,19-21,23,33,45H,15-18,22H2,(H,44,55)(H,49,54)(H,50,56)(H,46,47,48)(H,51,53,57). The summed E-state index contributed by atoms with van der Waals surface area (Å²) in [6, 6.07) is 26.5. The molecule has 0 saturated carbocycles. The SMILES string of the molecule is O=C(COc1cccc2c1C(=O)N(C1CCC(=O)NC1=O)C2=O)NCCC(=O)Nc1ccc(C(=O)Nc2cccc(Nc3cc(-c4c[nH]c5ccccc45)ncn3)c2)cc1. The van der Waals surface area contributed by atoms with Gasteiger partial charge in [-0.15, -0.1) is 0 Å². The van der Waals surface area contributed by atoms with E-state index in [1.807, 2.05) is 42.6 Å². The van der Waals surface area contributed by atoms with E-state index in [0.717, 1.165) is 27.1 Å². The molecule has 4 aromatic carbocycles. The zero-order valence-corrected chi connectivity index (χ0v) is 31.6. The molecule has 17 heteroatoms. The lowest BCUT2D eigenvalue weighted by Crippen LogP contribution is -2.54. The molecule has 0 radical (unpaired) electrons. The maximum Gasteiger partial charge on any atom is 0.266 e. The number of imide groups is 2. The van der Waals surface area contributed by atoms with E-state index in [4.69, 9.17) is 4.74 Å². The second kappa shape index (κ2) is 16.7. The smallest absolute Gasteiger partial charge is 0.266 e. The molecule has 2 aliphatic rings. The highest BCUT2D eigenvalue weighted by atomic mass is 16.5. The average Bonchev–Trinajstić information content (AvgIpc) is 3.79. The van der Waals surface area contributed by atoms with E-state index in [1.165, 1.54) is 24.5 Å². The number of piperidine rings is 1. The van der Waals surface area contributed by atoms with Crippen molar-refractivity contribution in [2.24, 2.45) is 0 Å². The van der Waals surface area contributed by atoms with Crippen LogP contribution in [0.25, 0.3) is 22.2 Å². The molecule has 300 valence electrons. The van der Waals surface area contributed by atoms with Crippen LogP contribution in [0, 0.1) is 0 Å². The van der Waals surface area contributed by atoms with Crippen molar-refractivity contribution in [1.82, 2.24) is 30.5 Å². The van der Waals surface area contributed by atoms with Crippen LogP contribution < -0.4 is 31.3 Å². The molecule has 8 rings (SSSR count). The summed E-state index contributed by atoms with van der Waals surface area (Å²) in [6.45, 7) is -0.546. The Morgan fingerprint density at radius 2 is 1.58 bits per heavy atom. The molecular formula is C43H35N9O8. The first-order valence-electron chi connectivity index (χ1n) is 18.8. The van der Waals surface area contributed by atoms with Crippen LogP contribution in [-0.4, -0.2) is 80.4 Å². The summed E-state index contributed by atoms with van der Waals surface area (Å²) in [5.74, 6) is -3.47. The Balaban J connectivity index is 0.785. The Kier molecular flexibility index (Phi) is 10.8. The third-order valence-corrected chi connectivity index (χ3v) is 9.82. The van der Waals surface area contributed by atoms with Crippen LogP contribution in [-0.2, 0) is 19.2 Å². The van der Waals surface area contributed by atoms with Gasteiger partial charge in [-0.2, -0.15) is 0 Å². The van der Waals surface area contributed by atoms with Gasteiger partial charge in [0.15, 0.2) is 6.61 Å².